The second-order valence-corrected chi connectivity index (χ2v) is 2.66. The van der Waals surface area contributed by atoms with Gasteiger partial charge in [0.05, 0.1) is 5.39 Å². The van der Waals surface area contributed by atoms with Gasteiger partial charge in [0.15, 0.2) is 17.6 Å². The zero-order valence-corrected chi connectivity index (χ0v) is 6.89. The summed E-state index contributed by atoms with van der Waals surface area (Å²) in [5.74, 6) is -1.13. The number of aromatic amines is 1. The Morgan fingerprint density at radius 2 is 2.36 bits per heavy atom. The van der Waals surface area contributed by atoms with Crippen molar-refractivity contribution in [3.63, 3.8) is 0 Å². The molecule has 0 unspecified atom stereocenters. The molecule has 0 fully saturated rings. The third-order valence-corrected chi connectivity index (χ3v) is 1.78. The fourth-order valence-corrected chi connectivity index (χ4v) is 1.14. The van der Waals surface area contributed by atoms with Crippen LogP contribution in [-0.4, -0.2) is 32.5 Å². The van der Waals surface area contributed by atoms with Crippen LogP contribution in [0.1, 0.15) is 20.8 Å². The Labute approximate surface area is 77.6 Å². The molecular weight excluding hydrogens is 186 g/mol. The molecule has 2 rings (SSSR count). The molecule has 6 nitrogen and oxygen atoms in total. The van der Waals surface area contributed by atoms with Gasteiger partial charge in [0.1, 0.15) is 0 Å². The Hall–Kier alpha value is -2.24. The van der Waals surface area contributed by atoms with Crippen LogP contribution in [-0.2, 0) is 0 Å². The molecule has 2 aromatic heterocycles. The summed E-state index contributed by atoms with van der Waals surface area (Å²) >= 11 is 0. The zero-order chi connectivity index (χ0) is 10.1. The number of hydrogen-bond donors (Lipinski definition) is 2. The zero-order valence-electron chi connectivity index (χ0n) is 6.89. The van der Waals surface area contributed by atoms with Crippen LogP contribution in [0.4, 0.5) is 0 Å². The van der Waals surface area contributed by atoms with Crippen LogP contribution >= 0.6 is 0 Å². The number of carbonyl (C=O) groups excluding carboxylic acids is 1. The van der Waals surface area contributed by atoms with Gasteiger partial charge in [-0.3, -0.25) is 9.89 Å². The molecule has 0 saturated carbocycles. The van der Waals surface area contributed by atoms with Gasteiger partial charge in [-0.15, -0.1) is 0 Å². The lowest BCUT2D eigenvalue weighted by Gasteiger charge is -1.91. The highest BCUT2D eigenvalue weighted by molar-refractivity contribution is 6.01. The van der Waals surface area contributed by atoms with Gasteiger partial charge in [0.2, 0.25) is 0 Å². The summed E-state index contributed by atoms with van der Waals surface area (Å²) in [5, 5.41) is 15.1. The van der Waals surface area contributed by atoms with Crippen molar-refractivity contribution in [3.8, 4) is 0 Å². The molecule has 70 valence electrons. The Balaban J connectivity index is 2.75. The minimum absolute atomic E-state index is 0.0591. The van der Waals surface area contributed by atoms with E-state index in [1.165, 1.54) is 12.3 Å². The lowest BCUT2D eigenvalue weighted by Crippen LogP contribution is -1.97. The first kappa shape index (κ1) is 8.36. The summed E-state index contributed by atoms with van der Waals surface area (Å²) in [4.78, 5) is 24.9. The SMILES string of the molecule is O=Cc1cnc2n[nH]c(C(=O)O)c2c1. The predicted molar refractivity (Wildman–Crippen MR) is 46.2 cm³/mol. The van der Waals surface area contributed by atoms with E-state index in [2.05, 4.69) is 15.2 Å². The van der Waals surface area contributed by atoms with E-state index in [0.29, 0.717) is 17.2 Å². The molecule has 0 aliphatic carbocycles. The van der Waals surface area contributed by atoms with Crippen LogP contribution in [0.2, 0.25) is 0 Å². The van der Waals surface area contributed by atoms with Crippen molar-refractivity contribution in [2.24, 2.45) is 0 Å². The van der Waals surface area contributed by atoms with E-state index in [4.69, 9.17) is 5.11 Å². The molecule has 14 heavy (non-hydrogen) atoms. The smallest absolute Gasteiger partial charge is 0.354 e. The molecule has 2 heterocycles. The largest absolute Gasteiger partial charge is 0.477 e. The summed E-state index contributed by atoms with van der Waals surface area (Å²) in [7, 11) is 0. The molecular formula is C8H5N3O3. The minimum atomic E-state index is -1.13. The van der Waals surface area contributed by atoms with Crippen LogP contribution < -0.4 is 0 Å². The monoisotopic (exact) mass is 191 g/mol. The van der Waals surface area contributed by atoms with E-state index in [1.807, 2.05) is 0 Å². The fourth-order valence-electron chi connectivity index (χ4n) is 1.14. The summed E-state index contributed by atoms with van der Waals surface area (Å²) < 4.78 is 0. The number of carboxylic acids is 1. The molecule has 0 aliphatic rings. The summed E-state index contributed by atoms with van der Waals surface area (Å²) in [5.41, 5.74) is 0.547. The summed E-state index contributed by atoms with van der Waals surface area (Å²) in [6.07, 6.45) is 1.94. The van der Waals surface area contributed by atoms with Gasteiger partial charge in [0, 0.05) is 11.8 Å². The minimum Gasteiger partial charge on any atom is -0.477 e. The topological polar surface area (TPSA) is 95.9 Å². The van der Waals surface area contributed by atoms with Crippen LogP contribution in [0.15, 0.2) is 12.3 Å². The van der Waals surface area contributed by atoms with Crippen LogP contribution in [0.5, 0.6) is 0 Å². The van der Waals surface area contributed by atoms with E-state index in [9.17, 15) is 9.59 Å². The van der Waals surface area contributed by atoms with Crippen molar-refractivity contribution in [1.29, 1.82) is 0 Å². The number of hydrogen-bond acceptors (Lipinski definition) is 4. The van der Waals surface area contributed by atoms with Gasteiger partial charge in [0.25, 0.3) is 0 Å². The Morgan fingerprint density at radius 1 is 1.57 bits per heavy atom. The van der Waals surface area contributed by atoms with Gasteiger partial charge in [-0.25, -0.2) is 9.78 Å². The number of nitrogens with zero attached hydrogens (tertiary/aromatic N) is 2. The molecule has 0 radical (unpaired) electrons. The molecule has 0 atom stereocenters. The number of rotatable bonds is 2. The highest BCUT2D eigenvalue weighted by Crippen LogP contribution is 2.14. The molecule has 0 bridgehead atoms. The Kier molecular flexibility index (Phi) is 1.74. The molecule has 0 aliphatic heterocycles. The maximum Gasteiger partial charge on any atom is 0.354 e. The standard InChI is InChI=1S/C8H5N3O3/c12-3-4-1-5-6(8(13)14)10-11-7(5)9-2-4/h1-3H,(H,13,14)(H,9,10,11). The van der Waals surface area contributed by atoms with Crippen molar-refractivity contribution in [2.45, 2.75) is 0 Å². The summed E-state index contributed by atoms with van der Waals surface area (Å²) in [6.45, 7) is 0. The number of aromatic carboxylic acids is 1. The Morgan fingerprint density at radius 3 is 3.00 bits per heavy atom. The molecule has 0 saturated heterocycles. The van der Waals surface area contributed by atoms with E-state index in [0.717, 1.165) is 0 Å². The van der Waals surface area contributed by atoms with Gasteiger partial charge >= 0.3 is 5.97 Å². The maximum atomic E-state index is 10.7. The third kappa shape index (κ3) is 1.13. The number of nitrogens with one attached hydrogen (secondary N) is 1. The average Bonchev–Trinajstić information content (AvgIpc) is 2.59. The van der Waals surface area contributed by atoms with Gasteiger partial charge in [-0.2, -0.15) is 5.10 Å². The number of aldehydes is 1. The van der Waals surface area contributed by atoms with Crippen molar-refractivity contribution < 1.29 is 14.7 Å². The van der Waals surface area contributed by atoms with Gasteiger partial charge in [-0.05, 0) is 6.07 Å². The van der Waals surface area contributed by atoms with Crippen LogP contribution in [0, 0.1) is 0 Å². The number of H-pyrrole nitrogens is 1. The Bertz CT molecular complexity index is 518. The average molecular weight is 191 g/mol. The van der Waals surface area contributed by atoms with E-state index < -0.39 is 5.97 Å². The van der Waals surface area contributed by atoms with E-state index in [1.54, 1.807) is 0 Å². The fraction of sp³-hybridized carbons (Fsp3) is 0. The number of carbonyl (C=O) groups is 2. The molecule has 0 spiro atoms. The normalized spacial score (nSPS) is 10.3. The number of fused-ring (bicyclic) bond motifs is 1. The third-order valence-electron chi connectivity index (χ3n) is 1.78. The van der Waals surface area contributed by atoms with Crippen molar-refractivity contribution in [3.05, 3.63) is 23.5 Å². The maximum absolute atomic E-state index is 10.7. The second kappa shape index (κ2) is 2.91. The van der Waals surface area contributed by atoms with Gasteiger partial charge in [-0.1, -0.05) is 0 Å². The second-order valence-electron chi connectivity index (χ2n) is 2.66. The molecule has 6 heteroatoms. The predicted octanol–water partition coefficient (Wildman–Crippen LogP) is 0.469. The van der Waals surface area contributed by atoms with E-state index in [-0.39, 0.29) is 11.3 Å². The lowest BCUT2D eigenvalue weighted by molar-refractivity contribution is 0.0692. The first-order valence-electron chi connectivity index (χ1n) is 3.75. The van der Waals surface area contributed by atoms with Crippen molar-refractivity contribution in [1.82, 2.24) is 15.2 Å². The van der Waals surface area contributed by atoms with E-state index >= 15 is 0 Å². The molecule has 2 N–H and O–H groups in total. The first-order chi connectivity index (χ1) is 6.72. The highest BCUT2D eigenvalue weighted by Gasteiger charge is 2.12. The lowest BCUT2D eigenvalue weighted by atomic mass is 10.2. The molecule has 0 aromatic carbocycles. The van der Waals surface area contributed by atoms with Crippen molar-refractivity contribution >= 4 is 23.3 Å². The number of pyridine rings is 1. The van der Waals surface area contributed by atoms with Crippen molar-refractivity contribution in [2.75, 3.05) is 0 Å². The number of aromatic nitrogens is 3. The quantitative estimate of drug-likeness (QED) is 0.672. The summed E-state index contributed by atoms with van der Waals surface area (Å²) in [6, 6.07) is 1.43. The van der Waals surface area contributed by atoms with Gasteiger partial charge < -0.3 is 5.11 Å². The molecule has 2 aromatic rings. The highest BCUT2D eigenvalue weighted by atomic mass is 16.4. The van der Waals surface area contributed by atoms with Crippen LogP contribution in [0.25, 0.3) is 11.0 Å². The van der Waals surface area contributed by atoms with Crippen LogP contribution in [0.3, 0.4) is 0 Å². The first-order valence-corrected chi connectivity index (χ1v) is 3.75. The molecule has 0 amide bonds. The number of carboxylic acid groups (broad SMARTS) is 1.